The molecule has 0 saturated heterocycles. The van der Waals surface area contributed by atoms with Gasteiger partial charge < -0.3 is 9.84 Å². The number of aromatic carboxylic acids is 1. The first-order valence-corrected chi connectivity index (χ1v) is 4.74. The number of halogens is 1. The molecule has 0 radical (unpaired) electrons. The number of carbonyl (C=O) groups is 1. The fourth-order valence-corrected chi connectivity index (χ4v) is 1.56. The second-order valence-corrected chi connectivity index (χ2v) is 3.38. The molecule has 82 valence electrons. The lowest BCUT2D eigenvalue weighted by molar-refractivity contribution is 0.0692. The molecule has 2 rings (SSSR count). The van der Waals surface area contributed by atoms with Gasteiger partial charge in [0.1, 0.15) is 11.1 Å². The smallest absolute Gasteiger partial charge is 0.341 e. The van der Waals surface area contributed by atoms with Crippen LogP contribution in [0.15, 0.2) is 18.3 Å². The van der Waals surface area contributed by atoms with Gasteiger partial charge in [-0.25, -0.2) is 14.8 Å². The Balaban J connectivity index is 2.80. The number of fused-ring (bicyclic) bond motifs is 1. The van der Waals surface area contributed by atoms with E-state index in [1.807, 2.05) is 0 Å². The highest BCUT2D eigenvalue weighted by Crippen LogP contribution is 2.25. The highest BCUT2D eigenvalue weighted by molar-refractivity contribution is 6.33. The summed E-state index contributed by atoms with van der Waals surface area (Å²) < 4.78 is 4.89. The lowest BCUT2D eigenvalue weighted by Gasteiger charge is -2.06. The van der Waals surface area contributed by atoms with Gasteiger partial charge in [0.15, 0.2) is 5.15 Å². The van der Waals surface area contributed by atoms with Crippen LogP contribution in [-0.4, -0.2) is 28.2 Å². The van der Waals surface area contributed by atoms with Crippen LogP contribution in [0.5, 0.6) is 5.88 Å². The molecule has 2 aromatic heterocycles. The topological polar surface area (TPSA) is 72.3 Å². The van der Waals surface area contributed by atoms with Crippen molar-refractivity contribution in [2.24, 2.45) is 0 Å². The van der Waals surface area contributed by atoms with Crippen molar-refractivity contribution in [2.75, 3.05) is 7.11 Å². The zero-order valence-electron chi connectivity index (χ0n) is 8.27. The summed E-state index contributed by atoms with van der Waals surface area (Å²) in [5, 5.41) is 9.78. The number of aromatic nitrogens is 2. The summed E-state index contributed by atoms with van der Waals surface area (Å²) in [6.07, 6.45) is 1.49. The van der Waals surface area contributed by atoms with E-state index in [4.69, 9.17) is 21.4 Å². The van der Waals surface area contributed by atoms with Crippen molar-refractivity contribution in [3.05, 3.63) is 29.0 Å². The zero-order valence-corrected chi connectivity index (χ0v) is 9.02. The number of carboxylic acid groups (broad SMARTS) is 1. The summed E-state index contributed by atoms with van der Waals surface area (Å²) in [6.45, 7) is 0. The number of hydrogen-bond donors (Lipinski definition) is 1. The van der Waals surface area contributed by atoms with Crippen molar-refractivity contribution in [1.29, 1.82) is 0 Å². The maximum absolute atomic E-state index is 10.9. The van der Waals surface area contributed by atoms with Gasteiger partial charge >= 0.3 is 5.97 Å². The quantitative estimate of drug-likeness (QED) is 0.810. The molecule has 2 heterocycles. The summed E-state index contributed by atoms with van der Waals surface area (Å²) in [6, 6.07) is 3.09. The normalized spacial score (nSPS) is 10.4. The van der Waals surface area contributed by atoms with Gasteiger partial charge in [0.25, 0.3) is 0 Å². The molecule has 0 bridgehead atoms. The predicted octanol–water partition coefficient (Wildman–Crippen LogP) is 1.99. The van der Waals surface area contributed by atoms with Crippen molar-refractivity contribution in [2.45, 2.75) is 0 Å². The minimum atomic E-state index is -1.10. The number of hydrogen-bond acceptors (Lipinski definition) is 4. The van der Waals surface area contributed by atoms with Crippen LogP contribution in [0.4, 0.5) is 0 Å². The lowest BCUT2D eigenvalue weighted by atomic mass is 10.2. The minimum Gasteiger partial charge on any atom is -0.480 e. The lowest BCUT2D eigenvalue weighted by Crippen LogP contribution is -2.03. The first kappa shape index (κ1) is 10.6. The molecule has 5 nitrogen and oxygen atoms in total. The fraction of sp³-hybridized carbons (Fsp3) is 0.100. The van der Waals surface area contributed by atoms with E-state index in [0.717, 1.165) is 0 Å². The number of nitrogens with zero attached hydrogens (tertiary/aromatic N) is 2. The summed E-state index contributed by atoms with van der Waals surface area (Å²) in [5.74, 6) is -1.07. The molecular formula is C10H7ClN2O3. The largest absolute Gasteiger partial charge is 0.480 e. The van der Waals surface area contributed by atoms with Crippen LogP contribution in [0.1, 0.15) is 10.4 Å². The van der Waals surface area contributed by atoms with Crippen LogP contribution in [-0.2, 0) is 0 Å². The van der Waals surface area contributed by atoms with Crippen LogP contribution in [0.3, 0.4) is 0 Å². The average Bonchev–Trinajstić information content (AvgIpc) is 2.28. The first-order chi connectivity index (χ1) is 7.63. The van der Waals surface area contributed by atoms with Crippen LogP contribution < -0.4 is 4.74 Å². The van der Waals surface area contributed by atoms with Gasteiger partial charge in [-0.3, -0.25) is 0 Å². The molecule has 0 aliphatic carbocycles. The Hall–Kier alpha value is -1.88. The van der Waals surface area contributed by atoms with E-state index in [1.54, 1.807) is 6.07 Å². The average molecular weight is 239 g/mol. The van der Waals surface area contributed by atoms with Crippen LogP contribution in [0.25, 0.3) is 10.9 Å². The second kappa shape index (κ2) is 3.94. The van der Waals surface area contributed by atoms with E-state index in [1.165, 1.54) is 19.4 Å². The Bertz CT molecular complexity index is 571. The van der Waals surface area contributed by atoms with Crippen LogP contribution in [0, 0.1) is 0 Å². The molecule has 0 spiro atoms. The van der Waals surface area contributed by atoms with E-state index in [2.05, 4.69) is 9.97 Å². The van der Waals surface area contributed by atoms with Crippen LogP contribution in [0.2, 0.25) is 5.15 Å². The van der Waals surface area contributed by atoms with Gasteiger partial charge in [0, 0.05) is 11.6 Å². The number of carboxylic acids is 1. The molecule has 16 heavy (non-hydrogen) atoms. The molecule has 0 aromatic carbocycles. The third kappa shape index (κ3) is 1.65. The number of pyridine rings is 2. The van der Waals surface area contributed by atoms with Crippen molar-refractivity contribution >= 4 is 28.5 Å². The highest BCUT2D eigenvalue weighted by Gasteiger charge is 2.15. The number of methoxy groups -OCH3 is 1. The molecule has 0 atom stereocenters. The number of rotatable bonds is 2. The molecule has 0 aliphatic rings. The molecule has 0 saturated carbocycles. The Morgan fingerprint density at radius 3 is 2.94 bits per heavy atom. The monoisotopic (exact) mass is 238 g/mol. The highest BCUT2D eigenvalue weighted by atomic mass is 35.5. The van der Waals surface area contributed by atoms with Crippen LogP contribution >= 0.6 is 11.6 Å². The Labute approximate surface area is 95.7 Å². The molecule has 6 heteroatoms. The molecule has 1 N–H and O–H groups in total. The maximum Gasteiger partial charge on any atom is 0.341 e. The van der Waals surface area contributed by atoms with Crippen molar-refractivity contribution in [3.63, 3.8) is 0 Å². The van der Waals surface area contributed by atoms with E-state index < -0.39 is 5.97 Å². The second-order valence-electron chi connectivity index (χ2n) is 3.02. The van der Waals surface area contributed by atoms with E-state index in [9.17, 15) is 4.79 Å². The third-order valence-electron chi connectivity index (χ3n) is 2.08. The molecule has 0 aliphatic heterocycles. The van der Waals surface area contributed by atoms with Crippen molar-refractivity contribution in [3.8, 4) is 5.88 Å². The maximum atomic E-state index is 10.9. The summed E-state index contributed by atoms with van der Waals surface area (Å²) in [7, 11) is 1.35. The fourth-order valence-electron chi connectivity index (χ4n) is 1.36. The third-order valence-corrected chi connectivity index (χ3v) is 2.35. The first-order valence-electron chi connectivity index (χ1n) is 4.36. The summed E-state index contributed by atoms with van der Waals surface area (Å²) in [5.41, 5.74) is 0.420. The molecule has 0 amide bonds. The van der Waals surface area contributed by atoms with Gasteiger partial charge in [-0.15, -0.1) is 0 Å². The predicted molar refractivity (Wildman–Crippen MR) is 58.1 cm³/mol. The number of ether oxygens (including phenoxy) is 1. The van der Waals surface area contributed by atoms with Gasteiger partial charge in [-0.05, 0) is 12.1 Å². The van der Waals surface area contributed by atoms with E-state index in [0.29, 0.717) is 10.9 Å². The van der Waals surface area contributed by atoms with Gasteiger partial charge in [0.05, 0.1) is 7.11 Å². The van der Waals surface area contributed by atoms with Crippen molar-refractivity contribution < 1.29 is 14.6 Å². The van der Waals surface area contributed by atoms with Gasteiger partial charge in [-0.2, -0.15) is 0 Å². The standard InChI is InChI=1S/C10H7ClN2O3/c1-16-9-6(10(14)15)4-5-2-3-12-8(11)7(5)13-9/h2-4H,1H3,(H,14,15). The Kier molecular flexibility index (Phi) is 2.62. The van der Waals surface area contributed by atoms with E-state index in [-0.39, 0.29) is 16.6 Å². The summed E-state index contributed by atoms with van der Waals surface area (Å²) >= 11 is 5.84. The van der Waals surface area contributed by atoms with Gasteiger partial charge in [-0.1, -0.05) is 11.6 Å². The summed E-state index contributed by atoms with van der Waals surface area (Å²) in [4.78, 5) is 18.8. The van der Waals surface area contributed by atoms with E-state index >= 15 is 0 Å². The van der Waals surface area contributed by atoms with Gasteiger partial charge in [0.2, 0.25) is 5.88 Å². The molecule has 0 unspecified atom stereocenters. The molecule has 0 fully saturated rings. The van der Waals surface area contributed by atoms with Crippen molar-refractivity contribution in [1.82, 2.24) is 9.97 Å². The Morgan fingerprint density at radius 2 is 2.31 bits per heavy atom. The Morgan fingerprint density at radius 1 is 1.56 bits per heavy atom. The SMILES string of the molecule is COc1nc2c(Cl)nccc2cc1C(=O)O. The zero-order chi connectivity index (χ0) is 11.7. The molecule has 2 aromatic rings. The minimum absolute atomic E-state index is 0.00253. The molecular weight excluding hydrogens is 232 g/mol.